The number of hydrogen-bond acceptors (Lipinski definition) is 9. The molecule has 0 saturated carbocycles. The fourth-order valence-electron chi connectivity index (χ4n) is 5.23. The average Bonchev–Trinajstić information content (AvgIpc) is 3.04. The van der Waals surface area contributed by atoms with Gasteiger partial charge in [0.2, 0.25) is 0 Å². The maximum atomic E-state index is 12.6. The third-order valence-electron chi connectivity index (χ3n) is 8.10. The molecule has 0 spiro atoms. The van der Waals surface area contributed by atoms with E-state index in [-0.39, 0.29) is 19.2 Å². The molecule has 1 aliphatic heterocycles. The Morgan fingerprint density at radius 2 is 1.33 bits per heavy atom. The minimum Gasteiger partial charge on any atom is -0.457 e. The molecule has 1 heterocycles. The number of carbonyl (C=O) groups excluding carboxylic acids is 1. The standard InChI is InChI=1S/C36H66O9/c1-3-5-7-9-11-13-14-15-16-17-19-21-23-25-32(38)44-30(28-42-26-24-22-20-18-12-10-8-6-4-2)29-43-36-35(41)34(40)33(39)31(27-37)45-36/h7,9,13-14,30-31,33-37,39-41H,3-6,8,10-12,15-29H2,1-2H3/b9-7-,14-13-. The first kappa shape index (κ1) is 41.7. The summed E-state index contributed by atoms with van der Waals surface area (Å²) >= 11 is 0. The molecule has 264 valence electrons. The van der Waals surface area contributed by atoms with Gasteiger partial charge in [-0.05, 0) is 38.5 Å². The van der Waals surface area contributed by atoms with Crippen molar-refractivity contribution < 1.29 is 44.2 Å². The first-order chi connectivity index (χ1) is 21.9. The Kier molecular flexibility index (Phi) is 26.7. The van der Waals surface area contributed by atoms with Crippen molar-refractivity contribution in [2.24, 2.45) is 0 Å². The van der Waals surface area contributed by atoms with Gasteiger partial charge in [-0.15, -0.1) is 0 Å². The van der Waals surface area contributed by atoms with Crippen molar-refractivity contribution in [3.8, 4) is 0 Å². The number of aliphatic hydroxyl groups is 4. The van der Waals surface area contributed by atoms with Gasteiger partial charge in [0.15, 0.2) is 6.29 Å². The Morgan fingerprint density at radius 3 is 2.00 bits per heavy atom. The molecule has 0 bridgehead atoms. The van der Waals surface area contributed by atoms with E-state index in [4.69, 9.17) is 18.9 Å². The van der Waals surface area contributed by atoms with E-state index < -0.39 is 43.4 Å². The largest absolute Gasteiger partial charge is 0.457 e. The van der Waals surface area contributed by atoms with Crippen molar-refractivity contribution in [2.45, 2.75) is 173 Å². The van der Waals surface area contributed by atoms with Crippen LogP contribution in [0.15, 0.2) is 24.3 Å². The quantitative estimate of drug-likeness (QED) is 0.0421. The smallest absolute Gasteiger partial charge is 0.306 e. The third kappa shape index (κ3) is 21.2. The molecule has 6 unspecified atom stereocenters. The van der Waals surface area contributed by atoms with E-state index in [2.05, 4.69) is 38.2 Å². The zero-order valence-corrected chi connectivity index (χ0v) is 28.4. The van der Waals surface area contributed by atoms with Gasteiger partial charge < -0.3 is 39.4 Å². The van der Waals surface area contributed by atoms with Gasteiger partial charge in [-0.25, -0.2) is 0 Å². The lowest BCUT2D eigenvalue weighted by atomic mass is 9.99. The Bertz CT molecular complexity index is 742. The number of rotatable bonds is 29. The average molecular weight is 643 g/mol. The maximum Gasteiger partial charge on any atom is 0.306 e. The minimum atomic E-state index is -1.53. The molecule has 4 N–H and O–H groups in total. The molecule has 0 amide bonds. The van der Waals surface area contributed by atoms with E-state index in [1.165, 1.54) is 51.4 Å². The van der Waals surface area contributed by atoms with Crippen LogP contribution < -0.4 is 0 Å². The molecular formula is C36H66O9. The van der Waals surface area contributed by atoms with Crippen molar-refractivity contribution in [3.63, 3.8) is 0 Å². The zero-order chi connectivity index (χ0) is 33.0. The summed E-state index contributed by atoms with van der Waals surface area (Å²) in [4.78, 5) is 12.6. The molecule has 0 aromatic heterocycles. The summed E-state index contributed by atoms with van der Waals surface area (Å²) in [5.74, 6) is -0.330. The van der Waals surface area contributed by atoms with Gasteiger partial charge >= 0.3 is 5.97 Å². The second-order valence-corrected chi connectivity index (χ2v) is 12.3. The van der Waals surface area contributed by atoms with Crippen LogP contribution in [0.25, 0.3) is 0 Å². The van der Waals surface area contributed by atoms with Gasteiger partial charge in [0.05, 0.1) is 19.8 Å². The van der Waals surface area contributed by atoms with Crippen LogP contribution in [0.3, 0.4) is 0 Å². The first-order valence-electron chi connectivity index (χ1n) is 17.9. The van der Waals surface area contributed by atoms with E-state index in [1.807, 2.05) is 0 Å². The molecule has 0 aromatic carbocycles. The SMILES string of the molecule is CCC/C=C\C/C=C\CCCCCCCC(=O)OC(COCCCCCCCCCCC)COC1OC(CO)C(O)C(O)C1O. The van der Waals surface area contributed by atoms with Gasteiger partial charge in [0.1, 0.15) is 30.5 Å². The van der Waals surface area contributed by atoms with Crippen LogP contribution in [-0.2, 0) is 23.7 Å². The van der Waals surface area contributed by atoms with Gasteiger partial charge in [-0.2, -0.15) is 0 Å². The fraction of sp³-hybridized carbons (Fsp3) is 0.861. The van der Waals surface area contributed by atoms with Crippen LogP contribution in [0, 0.1) is 0 Å². The summed E-state index contributed by atoms with van der Waals surface area (Å²) < 4.78 is 22.6. The Hall–Kier alpha value is -1.33. The Labute approximate surface area is 273 Å². The highest BCUT2D eigenvalue weighted by Gasteiger charge is 2.44. The monoisotopic (exact) mass is 642 g/mol. The summed E-state index contributed by atoms with van der Waals surface area (Å²) in [6, 6.07) is 0. The lowest BCUT2D eigenvalue weighted by Gasteiger charge is -2.39. The zero-order valence-electron chi connectivity index (χ0n) is 28.4. The van der Waals surface area contributed by atoms with Crippen molar-refractivity contribution in [1.29, 1.82) is 0 Å². The summed E-state index contributed by atoms with van der Waals surface area (Å²) in [6.07, 6.45) is 22.0. The van der Waals surface area contributed by atoms with Crippen molar-refractivity contribution >= 4 is 5.97 Å². The lowest BCUT2D eigenvalue weighted by molar-refractivity contribution is -0.305. The second kappa shape index (κ2) is 28.9. The van der Waals surface area contributed by atoms with Gasteiger partial charge in [-0.3, -0.25) is 4.79 Å². The van der Waals surface area contributed by atoms with Crippen LogP contribution in [0.1, 0.15) is 136 Å². The number of hydrogen-bond donors (Lipinski definition) is 4. The molecule has 9 nitrogen and oxygen atoms in total. The van der Waals surface area contributed by atoms with Gasteiger partial charge in [0.25, 0.3) is 0 Å². The van der Waals surface area contributed by atoms with E-state index in [0.29, 0.717) is 13.0 Å². The van der Waals surface area contributed by atoms with Crippen LogP contribution in [0.5, 0.6) is 0 Å². The molecule has 1 saturated heterocycles. The Morgan fingerprint density at radius 1 is 0.711 bits per heavy atom. The number of aliphatic hydroxyl groups excluding tert-OH is 4. The van der Waals surface area contributed by atoms with Crippen molar-refractivity contribution in [1.82, 2.24) is 0 Å². The number of carbonyl (C=O) groups is 1. The molecule has 1 aliphatic rings. The molecule has 6 atom stereocenters. The summed E-state index contributed by atoms with van der Waals surface area (Å²) in [7, 11) is 0. The molecule has 9 heteroatoms. The molecule has 1 fully saturated rings. The van der Waals surface area contributed by atoms with Crippen LogP contribution >= 0.6 is 0 Å². The first-order valence-corrected chi connectivity index (χ1v) is 17.9. The topological polar surface area (TPSA) is 135 Å². The summed E-state index contributed by atoms with van der Waals surface area (Å²) in [6.45, 7) is 4.44. The van der Waals surface area contributed by atoms with Crippen molar-refractivity contribution in [3.05, 3.63) is 24.3 Å². The third-order valence-corrected chi connectivity index (χ3v) is 8.10. The van der Waals surface area contributed by atoms with Gasteiger partial charge in [0, 0.05) is 13.0 Å². The predicted octanol–water partition coefficient (Wildman–Crippen LogP) is 6.30. The predicted molar refractivity (Wildman–Crippen MR) is 178 cm³/mol. The van der Waals surface area contributed by atoms with Crippen LogP contribution in [0.2, 0.25) is 0 Å². The van der Waals surface area contributed by atoms with Crippen molar-refractivity contribution in [2.75, 3.05) is 26.4 Å². The van der Waals surface area contributed by atoms with Gasteiger partial charge in [-0.1, -0.05) is 115 Å². The Balaban J connectivity index is 2.37. The highest BCUT2D eigenvalue weighted by Crippen LogP contribution is 2.22. The molecular weight excluding hydrogens is 576 g/mol. The molecule has 1 rings (SSSR count). The van der Waals surface area contributed by atoms with Crippen LogP contribution in [-0.4, -0.2) is 89.6 Å². The number of ether oxygens (including phenoxy) is 4. The molecule has 0 radical (unpaired) electrons. The number of allylic oxidation sites excluding steroid dienone is 4. The number of unbranched alkanes of at least 4 members (excludes halogenated alkanes) is 14. The van der Waals surface area contributed by atoms with Crippen LogP contribution in [0.4, 0.5) is 0 Å². The maximum absolute atomic E-state index is 12.6. The number of esters is 1. The van der Waals surface area contributed by atoms with E-state index in [1.54, 1.807) is 0 Å². The highest BCUT2D eigenvalue weighted by atomic mass is 16.7. The fourth-order valence-corrected chi connectivity index (χ4v) is 5.23. The molecule has 0 aliphatic carbocycles. The summed E-state index contributed by atoms with van der Waals surface area (Å²) in [5.41, 5.74) is 0. The highest BCUT2D eigenvalue weighted by molar-refractivity contribution is 5.69. The van der Waals surface area contributed by atoms with E-state index in [0.717, 1.165) is 64.2 Å². The second-order valence-electron chi connectivity index (χ2n) is 12.3. The molecule has 0 aromatic rings. The molecule has 45 heavy (non-hydrogen) atoms. The minimum absolute atomic E-state index is 0.117. The normalized spacial score (nSPS) is 22.8. The van der Waals surface area contributed by atoms with E-state index in [9.17, 15) is 25.2 Å². The lowest BCUT2D eigenvalue weighted by Crippen LogP contribution is -2.59. The summed E-state index contributed by atoms with van der Waals surface area (Å²) in [5, 5.41) is 39.8. The van der Waals surface area contributed by atoms with E-state index >= 15 is 0 Å².